The summed E-state index contributed by atoms with van der Waals surface area (Å²) in [6.07, 6.45) is 6.75. The van der Waals surface area contributed by atoms with Crippen LogP contribution in [0.4, 0.5) is 4.39 Å². The van der Waals surface area contributed by atoms with Crippen LogP contribution in [0, 0.1) is 35.4 Å². The van der Waals surface area contributed by atoms with Crippen LogP contribution in [-0.2, 0) is 11.2 Å². The third-order valence-corrected chi connectivity index (χ3v) is 6.27. The number of ketones is 1. The van der Waals surface area contributed by atoms with Gasteiger partial charge in [-0.1, -0.05) is 17.7 Å². The Bertz CT molecular complexity index is 555. The minimum atomic E-state index is -0.424. The molecule has 0 radical (unpaired) electrons. The Morgan fingerprint density at radius 3 is 2.29 bits per heavy atom. The number of hydrogen-bond acceptors (Lipinski definition) is 1. The summed E-state index contributed by atoms with van der Waals surface area (Å²) in [7, 11) is 0. The Morgan fingerprint density at radius 1 is 1.10 bits per heavy atom. The zero-order valence-electron chi connectivity index (χ0n) is 12.0. The molecule has 21 heavy (non-hydrogen) atoms. The van der Waals surface area contributed by atoms with Crippen molar-refractivity contribution >= 4 is 17.4 Å². The van der Waals surface area contributed by atoms with Crippen LogP contribution in [-0.4, -0.2) is 5.78 Å². The van der Waals surface area contributed by atoms with Gasteiger partial charge in [0.15, 0.2) is 0 Å². The fourth-order valence-corrected chi connectivity index (χ4v) is 5.54. The van der Waals surface area contributed by atoms with Gasteiger partial charge in [-0.15, -0.1) is 0 Å². The van der Waals surface area contributed by atoms with Crippen LogP contribution < -0.4 is 0 Å². The van der Waals surface area contributed by atoms with Crippen molar-refractivity contribution in [1.82, 2.24) is 0 Å². The van der Waals surface area contributed by atoms with Crippen LogP contribution in [0.15, 0.2) is 18.2 Å². The van der Waals surface area contributed by atoms with Crippen LogP contribution in [0.25, 0.3) is 0 Å². The minimum Gasteiger partial charge on any atom is -0.299 e. The summed E-state index contributed by atoms with van der Waals surface area (Å²) in [4.78, 5) is 12.7. The molecule has 4 fully saturated rings. The first-order valence-corrected chi connectivity index (χ1v) is 8.44. The van der Waals surface area contributed by atoms with E-state index in [2.05, 4.69) is 0 Å². The van der Waals surface area contributed by atoms with Gasteiger partial charge in [0.1, 0.15) is 11.6 Å². The van der Waals surface area contributed by atoms with Crippen LogP contribution in [0.1, 0.15) is 37.7 Å². The lowest BCUT2D eigenvalue weighted by Gasteiger charge is -2.53. The SMILES string of the molecule is O=C(Cc1ccc(Cl)c(F)c1)C1C2CC3CC(C2)CC1C3. The first-order valence-electron chi connectivity index (χ1n) is 8.07. The summed E-state index contributed by atoms with van der Waals surface area (Å²) in [6, 6.07) is 4.74. The average Bonchev–Trinajstić information content (AvgIpc) is 2.41. The van der Waals surface area contributed by atoms with Gasteiger partial charge < -0.3 is 0 Å². The van der Waals surface area contributed by atoms with Crippen molar-refractivity contribution < 1.29 is 9.18 Å². The van der Waals surface area contributed by atoms with Gasteiger partial charge in [-0.3, -0.25) is 4.79 Å². The van der Waals surface area contributed by atoms with Gasteiger partial charge in [0.25, 0.3) is 0 Å². The topological polar surface area (TPSA) is 17.1 Å². The molecule has 4 saturated carbocycles. The molecule has 0 unspecified atom stereocenters. The van der Waals surface area contributed by atoms with Crippen molar-refractivity contribution in [2.24, 2.45) is 29.6 Å². The van der Waals surface area contributed by atoms with Crippen molar-refractivity contribution in [1.29, 1.82) is 0 Å². The summed E-state index contributed by atoms with van der Waals surface area (Å²) < 4.78 is 13.5. The highest BCUT2D eigenvalue weighted by Gasteiger charge is 2.50. The molecule has 0 saturated heterocycles. The van der Waals surface area contributed by atoms with Crippen LogP contribution >= 0.6 is 11.6 Å². The van der Waals surface area contributed by atoms with Gasteiger partial charge in [-0.2, -0.15) is 0 Å². The standard InChI is InChI=1S/C18H20ClFO/c19-15-2-1-10(8-16(15)20)9-17(21)18-13-4-11-3-12(6-13)7-14(18)5-11/h1-2,8,11-14,18H,3-7,9H2. The third-order valence-electron chi connectivity index (χ3n) is 5.96. The zero-order valence-corrected chi connectivity index (χ0v) is 12.8. The predicted octanol–water partition coefficient (Wildman–Crippen LogP) is 4.66. The molecule has 1 aromatic carbocycles. The maximum atomic E-state index is 13.5. The maximum Gasteiger partial charge on any atom is 0.142 e. The summed E-state index contributed by atoms with van der Waals surface area (Å²) in [5, 5.41) is 0.126. The molecule has 0 heterocycles. The van der Waals surface area contributed by atoms with Crippen molar-refractivity contribution in [3.63, 3.8) is 0 Å². The van der Waals surface area contributed by atoms with Gasteiger partial charge in [0.2, 0.25) is 0 Å². The van der Waals surface area contributed by atoms with E-state index in [9.17, 15) is 9.18 Å². The molecule has 4 bridgehead atoms. The van der Waals surface area contributed by atoms with Crippen LogP contribution in [0.3, 0.4) is 0 Å². The average molecular weight is 307 g/mol. The largest absolute Gasteiger partial charge is 0.299 e. The summed E-state index contributed by atoms with van der Waals surface area (Å²) in [6.45, 7) is 0. The highest BCUT2D eigenvalue weighted by molar-refractivity contribution is 6.30. The van der Waals surface area contributed by atoms with E-state index in [0.717, 1.165) is 17.4 Å². The molecular formula is C18H20ClFO. The van der Waals surface area contributed by atoms with Gasteiger partial charge in [0, 0.05) is 12.3 Å². The number of rotatable bonds is 3. The second-order valence-electron chi connectivity index (χ2n) is 7.35. The van der Waals surface area contributed by atoms with Gasteiger partial charge in [-0.05, 0) is 73.5 Å². The van der Waals surface area contributed by atoms with Crippen molar-refractivity contribution in [2.75, 3.05) is 0 Å². The molecule has 5 rings (SSSR count). The smallest absolute Gasteiger partial charge is 0.142 e. The Labute approximate surface area is 129 Å². The molecule has 1 aromatic rings. The fraction of sp³-hybridized carbons (Fsp3) is 0.611. The molecule has 0 spiro atoms. The van der Waals surface area contributed by atoms with E-state index in [1.54, 1.807) is 12.1 Å². The normalized spacial score (nSPS) is 37.0. The first-order chi connectivity index (χ1) is 10.1. The van der Waals surface area contributed by atoms with E-state index >= 15 is 0 Å². The summed E-state index contributed by atoms with van der Waals surface area (Å²) >= 11 is 5.70. The van der Waals surface area contributed by atoms with E-state index in [4.69, 9.17) is 11.6 Å². The monoisotopic (exact) mass is 306 g/mol. The van der Waals surface area contributed by atoms with Gasteiger partial charge >= 0.3 is 0 Å². The summed E-state index contributed by atoms with van der Waals surface area (Å²) in [5.41, 5.74) is 0.760. The highest BCUT2D eigenvalue weighted by atomic mass is 35.5. The first kappa shape index (κ1) is 13.8. The van der Waals surface area contributed by atoms with E-state index < -0.39 is 5.82 Å². The molecule has 4 aliphatic carbocycles. The van der Waals surface area contributed by atoms with Crippen LogP contribution in [0.5, 0.6) is 0 Å². The second kappa shape index (κ2) is 5.08. The van der Waals surface area contributed by atoms with Gasteiger partial charge in [0.05, 0.1) is 5.02 Å². The van der Waals surface area contributed by atoms with E-state index in [0.29, 0.717) is 24.0 Å². The number of benzene rings is 1. The number of halogens is 2. The second-order valence-corrected chi connectivity index (χ2v) is 7.76. The lowest BCUT2D eigenvalue weighted by atomic mass is 9.51. The molecule has 0 N–H and O–H groups in total. The quantitative estimate of drug-likeness (QED) is 0.793. The Hall–Kier alpha value is -0.890. The molecule has 0 atom stereocenters. The molecule has 3 heteroatoms. The molecule has 1 nitrogen and oxygen atoms in total. The Balaban J connectivity index is 1.51. The maximum absolute atomic E-state index is 13.5. The molecule has 0 amide bonds. The predicted molar refractivity (Wildman–Crippen MR) is 80.7 cm³/mol. The van der Waals surface area contributed by atoms with E-state index in [1.807, 2.05) is 0 Å². The highest BCUT2D eigenvalue weighted by Crippen LogP contribution is 2.56. The Kier molecular flexibility index (Phi) is 3.33. The van der Waals surface area contributed by atoms with Crippen molar-refractivity contribution in [2.45, 2.75) is 38.5 Å². The third kappa shape index (κ3) is 2.42. The number of carbonyl (C=O) groups is 1. The van der Waals surface area contributed by atoms with Crippen molar-refractivity contribution in [3.8, 4) is 0 Å². The summed E-state index contributed by atoms with van der Waals surface area (Å²) in [5.74, 6) is 3.10. The lowest BCUT2D eigenvalue weighted by Crippen LogP contribution is -2.48. The lowest BCUT2D eigenvalue weighted by molar-refractivity contribution is -0.135. The van der Waals surface area contributed by atoms with E-state index in [-0.39, 0.29) is 10.9 Å². The fourth-order valence-electron chi connectivity index (χ4n) is 5.42. The molecule has 112 valence electrons. The molecule has 4 aliphatic rings. The molecule has 0 aliphatic heterocycles. The van der Waals surface area contributed by atoms with Crippen LogP contribution in [0.2, 0.25) is 5.02 Å². The van der Waals surface area contributed by atoms with E-state index in [1.165, 1.54) is 38.2 Å². The Morgan fingerprint density at radius 2 is 1.71 bits per heavy atom. The molecular weight excluding hydrogens is 287 g/mol. The van der Waals surface area contributed by atoms with Crippen molar-refractivity contribution in [3.05, 3.63) is 34.6 Å². The zero-order chi connectivity index (χ0) is 14.6. The van der Waals surface area contributed by atoms with Gasteiger partial charge in [-0.25, -0.2) is 4.39 Å². The number of carbonyl (C=O) groups excluding carboxylic acids is 1. The number of hydrogen-bond donors (Lipinski definition) is 0. The number of Topliss-reactive ketones (excluding diaryl/α,β-unsaturated/α-hetero) is 1. The molecule has 0 aromatic heterocycles. The minimum absolute atomic E-state index is 0.126.